The first-order chi connectivity index (χ1) is 12.8. The van der Waals surface area contributed by atoms with Gasteiger partial charge in [-0.25, -0.2) is 8.42 Å². The Morgan fingerprint density at radius 2 is 1.81 bits per heavy atom. The molecule has 1 heterocycles. The summed E-state index contributed by atoms with van der Waals surface area (Å²) in [5, 5.41) is 2.67. The number of hydrogen-bond acceptors (Lipinski definition) is 6. The predicted molar refractivity (Wildman–Crippen MR) is 107 cm³/mol. The van der Waals surface area contributed by atoms with E-state index in [1.807, 2.05) is 13.8 Å². The summed E-state index contributed by atoms with van der Waals surface area (Å²) in [6, 6.07) is 7.91. The molecule has 0 saturated carbocycles. The molecule has 0 spiro atoms. The number of thiophene rings is 1. The summed E-state index contributed by atoms with van der Waals surface area (Å²) >= 11 is 6.74. The van der Waals surface area contributed by atoms with Crippen LogP contribution in [0, 0.1) is 0 Å². The number of ether oxygens (including phenoxy) is 2. The van der Waals surface area contributed by atoms with Crippen molar-refractivity contribution in [3.63, 3.8) is 0 Å². The highest BCUT2D eigenvalue weighted by Crippen LogP contribution is 2.31. The maximum Gasteiger partial charge on any atom is 0.252 e. The topological polar surface area (TPSA) is 84.9 Å². The number of anilines is 1. The number of rotatable bonds is 9. The van der Waals surface area contributed by atoms with E-state index < -0.39 is 15.9 Å². The number of nitrogens with zero attached hydrogens (tertiary/aromatic N) is 1. The van der Waals surface area contributed by atoms with E-state index >= 15 is 0 Å². The van der Waals surface area contributed by atoms with Crippen molar-refractivity contribution in [1.29, 1.82) is 0 Å². The Kier molecular flexibility index (Phi) is 7.49. The molecule has 7 nitrogen and oxygen atoms in total. The average molecular weight is 433 g/mol. The van der Waals surface area contributed by atoms with E-state index in [4.69, 9.17) is 21.1 Å². The van der Waals surface area contributed by atoms with E-state index in [0.717, 1.165) is 15.6 Å². The van der Waals surface area contributed by atoms with Gasteiger partial charge in [-0.1, -0.05) is 11.6 Å². The first kappa shape index (κ1) is 21.5. The third-order valence-corrected chi connectivity index (χ3v) is 6.91. The molecule has 0 aliphatic heterocycles. The number of carbonyl (C=O) groups excluding carboxylic acids is 1. The van der Waals surface area contributed by atoms with Crippen LogP contribution in [0.2, 0.25) is 4.34 Å². The van der Waals surface area contributed by atoms with Gasteiger partial charge in [-0.15, -0.1) is 11.3 Å². The normalized spacial score (nSPS) is 11.4. The quantitative estimate of drug-likeness (QED) is 0.655. The monoisotopic (exact) mass is 432 g/mol. The summed E-state index contributed by atoms with van der Waals surface area (Å²) in [5.41, 5.74) is 0.483. The highest BCUT2D eigenvalue weighted by Gasteiger charge is 2.24. The fourth-order valence-electron chi connectivity index (χ4n) is 2.21. The molecule has 1 aromatic carbocycles. The molecule has 10 heteroatoms. The van der Waals surface area contributed by atoms with Crippen molar-refractivity contribution in [1.82, 2.24) is 4.31 Å². The molecular weight excluding hydrogens is 412 g/mol. The lowest BCUT2D eigenvalue weighted by Crippen LogP contribution is -2.34. The van der Waals surface area contributed by atoms with Crippen molar-refractivity contribution in [3.8, 4) is 11.5 Å². The fourth-order valence-corrected chi connectivity index (χ4v) is 5.03. The zero-order valence-corrected chi connectivity index (χ0v) is 17.6. The molecule has 0 fully saturated rings. The maximum absolute atomic E-state index is 12.5. The zero-order chi connectivity index (χ0) is 20.0. The molecule has 1 aromatic heterocycles. The molecular formula is C17H21ClN2O5S2. The van der Waals surface area contributed by atoms with Crippen LogP contribution in [-0.2, 0) is 14.8 Å². The van der Waals surface area contributed by atoms with Crippen molar-refractivity contribution >= 4 is 44.6 Å². The first-order valence-electron chi connectivity index (χ1n) is 8.19. The van der Waals surface area contributed by atoms with Crippen LogP contribution in [0.5, 0.6) is 11.5 Å². The minimum absolute atomic E-state index is 0.0856. The largest absolute Gasteiger partial charge is 0.490 e. The van der Waals surface area contributed by atoms with Gasteiger partial charge in [0, 0.05) is 18.8 Å². The highest BCUT2D eigenvalue weighted by atomic mass is 35.5. The third-order valence-electron chi connectivity index (χ3n) is 3.41. The minimum Gasteiger partial charge on any atom is -0.490 e. The van der Waals surface area contributed by atoms with Crippen LogP contribution < -0.4 is 14.8 Å². The molecule has 2 rings (SSSR count). The van der Waals surface area contributed by atoms with Gasteiger partial charge in [0.1, 0.15) is 4.21 Å². The Morgan fingerprint density at radius 1 is 1.15 bits per heavy atom. The molecule has 27 heavy (non-hydrogen) atoms. The summed E-state index contributed by atoms with van der Waals surface area (Å²) in [7, 11) is -2.43. The number of halogens is 1. The summed E-state index contributed by atoms with van der Waals surface area (Å²) in [6.07, 6.45) is 0. The SMILES string of the molecule is CCOc1ccc(NC(=O)CN(C)S(=O)(=O)c2ccc(Cl)s2)cc1OCC. The van der Waals surface area contributed by atoms with Gasteiger partial charge >= 0.3 is 0 Å². The Morgan fingerprint density at radius 3 is 2.41 bits per heavy atom. The van der Waals surface area contributed by atoms with E-state index in [1.54, 1.807) is 18.2 Å². The van der Waals surface area contributed by atoms with Crippen molar-refractivity contribution < 1.29 is 22.7 Å². The Labute approximate surface area is 167 Å². The van der Waals surface area contributed by atoms with E-state index in [2.05, 4.69) is 5.32 Å². The van der Waals surface area contributed by atoms with Gasteiger partial charge in [0.2, 0.25) is 5.91 Å². The molecule has 0 radical (unpaired) electrons. The van der Waals surface area contributed by atoms with Crippen LogP contribution in [0.4, 0.5) is 5.69 Å². The van der Waals surface area contributed by atoms with Crippen LogP contribution in [0.1, 0.15) is 13.8 Å². The van der Waals surface area contributed by atoms with Crippen molar-refractivity contribution in [2.24, 2.45) is 0 Å². The molecule has 0 aliphatic carbocycles. The Hall–Kier alpha value is -1.81. The number of carbonyl (C=O) groups is 1. The lowest BCUT2D eigenvalue weighted by molar-refractivity contribution is -0.116. The third kappa shape index (κ3) is 5.58. The van der Waals surface area contributed by atoms with Gasteiger partial charge in [-0.3, -0.25) is 4.79 Å². The van der Waals surface area contributed by atoms with Crippen molar-refractivity contribution in [3.05, 3.63) is 34.7 Å². The molecule has 0 atom stereocenters. The maximum atomic E-state index is 12.5. The van der Waals surface area contributed by atoms with Crippen molar-refractivity contribution in [2.75, 3.05) is 32.1 Å². The number of likely N-dealkylation sites (N-methyl/N-ethyl adjacent to an activating group) is 1. The predicted octanol–water partition coefficient (Wildman–Crippen LogP) is 3.46. The summed E-state index contributed by atoms with van der Waals surface area (Å²) in [6.45, 7) is 4.30. The van der Waals surface area contributed by atoms with Crippen LogP contribution in [-0.4, -0.2) is 45.4 Å². The molecule has 0 saturated heterocycles. The van der Waals surface area contributed by atoms with E-state index in [9.17, 15) is 13.2 Å². The Bertz CT molecular complexity index is 898. The minimum atomic E-state index is -3.77. The second-order valence-electron chi connectivity index (χ2n) is 5.40. The fraction of sp³-hybridized carbons (Fsp3) is 0.353. The molecule has 0 aliphatic rings. The molecule has 0 unspecified atom stereocenters. The van der Waals surface area contributed by atoms with Gasteiger partial charge in [0.15, 0.2) is 11.5 Å². The molecule has 1 N–H and O–H groups in total. The number of hydrogen-bond donors (Lipinski definition) is 1. The number of nitrogens with one attached hydrogen (secondary N) is 1. The van der Waals surface area contributed by atoms with Gasteiger partial charge in [0.05, 0.1) is 24.1 Å². The zero-order valence-electron chi connectivity index (χ0n) is 15.2. The number of amides is 1. The summed E-state index contributed by atoms with van der Waals surface area (Å²) in [4.78, 5) is 12.3. The number of benzene rings is 1. The van der Waals surface area contributed by atoms with Gasteiger partial charge in [-0.2, -0.15) is 4.31 Å². The van der Waals surface area contributed by atoms with Gasteiger partial charge in [-0.05, 0) is 38.1 Å². The summed E-state index contributed by atoms with van der Waals surface area (Å²) in [5.74, 6) is 0.605. The lowest BCUT2D eigenvalue weighted by atomic mass is 10.2. The van der Waals surface area contributed by atoms with Crippen LogP contribution in [0.3, 0.4) is 0 Å². The molecule has 0 bridgehead atoms. The van der Waals surface area contributed by atoms with Crippen LogP contribution >= 0.6 is 22.9 Å². The second-order valence-corrected chi connectivity index (χ2v) is 9.38. The van der Waals surface area contributed by atoms with Gasteiger partial charge in [0.25, 0.3) is 10.0 Å². The second kappa shape index (κ2) is 9.41. The first-order valence-corrected chi connectivity index (χ1v) is 10.8. The number of sulfonamides is 1. The van der Waals surface area contributed by atoms with E-state index in [1.165, 1.54) is 19.2 Å². The lowest BCUT2D eigenvalue weighted by Gasteiger charge is -2.16. The van der Waals surface area contributed by atoms with E-state index in [0.29, 0.717) is 34.7 Å². The van der Waals surface area contributed by atoms with E-state index in [-0.39, 0.29) is 10.8 Å². The molecule has 2 aromatic rings. The standard InChI is InChI=1S/C17H21ClN2O5S2/c1-4-24-13-7-6-12(10-14(13)25-5-2)19-16(21)11-20(3)27(22,23)17-9-8-15(18)26-17/h6-10H,4-5,11H2,1-3H3,(H,19,21). The summed E-state index contributed by atoms with van der Waals surface area (Å²) < 4.78 is 37.3. The Balaban J connectivity index is 2.07. The van der Waals surface area contributed by atoms with Crippen LogP contribution in [0.25, 0.3) is 0 Å². The molecule has 1 amide bonds. The smallest absolute Gasteiger partial charge is 0.252 e. The molecule has 148 valence electrons. The van der Waals surface area contributed by atoms with Crippen molar-refractivity contribution in [2.45, 2.75) is 18.1 Å². The highest BCUT2D eigenvalue weighted by molar-refractivity contribution is 7.91. The average Bonchev–Trinajstić information content (AvgIpc) is 3.04. The van der Waals surface area contributed by atoms with Gasteiger partial charge < -0.3 is 14.8 Å². The van der Waals surface area contributed by atoms with Crippen LogP contribution in [0.15, 0.2) is 34.5 Å².